The summed E-state index contributed by atoms with van der Waals surface area (Å²) in [4.78, 5) is 40.7. The number of carbonyl (C=O) groups excluding carboxylic acids is 3. The average molecular weight is 504 g/mol. The average Bonchev–Trinajstić information content (AvgIpc) is 3.36. The topological polar surface area (TPSA) is 91.4 Å². The van der Waals surface area contributed by atoms with E-state index < -0.39 is 38.1 Å². The summed E-state index contributed by atoms with van der Waals surface area (Å²) < 4.78 is 23.6. The molecule has 3 fully saturated rings. The zero-order valence-electron chi connectivity index (χ0n) is 21.3. The van der Waals surface area contributed by atoms with Gasteiger partial charge in [-0.15, -0.1) is 0 Å². The Balaban J connectivity index is 1.73. The second-order valence-electron chi connectivity index (χ2n) is 10.9. The summed E-state index contributed by atoms with van der Waals surface area (Å²) in [5.74, 6) is -0.875. The lowest BCUT2D eigenvalue weighted by molar-refractivity contribution is -0.149. The highest BCUT2D eigenvalue weighted by Crippen LogP contribution is 2.56. The number of nitrogens with zero attached hydrogens (tertiary/aromatic N) is 1. The molecule has 0 aromatic heterocycles. The van der Waals surface area contributed by atoms with Crippen LogP contribution in [-0.4, -0.2) is 62.1 Å². The molecule has 0 bridgehead atoms. The third kappa shape index (κ3) is 4.98. The summed E-state index contributed by atoms with van der Waals surface area (Å²) >= 11 is 0. The molecule has 1 amide bonds. The minimum atomic E-state index is -2.17. The largest absolute Gasteiger partial charge is 0.467 e. The number of fused-ring (bicyclic) bond motifs is 3. The number of esters is 2. The molecular weight excluding hydrogens is 466 g/mol. The van der Waals surface area contributed by atoms with Crippen molar-refractivity contribution in [3.8, 4) is 0 Å². The fraction of sp³-hybridized carbons (Fsp3) is 0.654. The number of amides is 1. The highest BCUT2D eigenvalue weighted by molar-refractivity contribution is 6.69. The molecule has 1 aromatic rings. The third-order valence-electron chi connectivity index (χ3n) is 7.46. The van der Waals surface area contributed by atoms with Crippen LogP contribution >= 0.6 is 0 Å². The van der Waals surface area contributed by atoms with Crippen molar-refractivity contribution in [2.24, 2.45) is 11.8 Å². The zero-order chi connectivity index (χ0) is 25.4. The molecular formula is C26H37NO7Si. The fourth-order valence-electron chi connectivity index (χ4n) is 6.36. The maximum atomic E-state index is 13.6. The molecule has 1 aromatic carbocycles. The van der Waals surface area contributed by atoms with Crippen LogP contribution in [0, 0.1) is 11.8 Å². The fourth-order valence-corrected chi connectivity index (χ4v) is 7.88. The van der Waals surface area contributed by atoms with E-state index in [1.54, 1.807) is 4.90 Å². The number of rotatable bonds is 7. The van der Waals surface area contributed by atoms with Crippen molar-refractivity contribution < 1.29 is 33.0 Å². The van der Waals surface area contributed by atoms with Gasteiger partial charge in [0.25, 0.3) is 0 Å². The van der Waals surface area contributed by atoms with Crippen LogP contribution in [0.2, 0.25) is 19.6 Å². The van der Waals surface area contributed by atoms with Gasteiger partial charge in [-0.25, -0.2) is 9.59 Å². The molecule has 1 unspecified atom stereocenters. The van der Waals surface area contributed by atoms with E-state index in [-0.39, 0.29) is 43.4 Å². The number of ether oxygens (including phenoxy) is 3. The van der Waals surface area contributed by atoms with Gasteiger partial charge in [0, 0.05) is 12.3 Å². The van der Waals surface area contributed by atoms with Crippen LogP contribution in [0.15, 0.2) is 30.3 Å². The Hall–Kier alpha value is -2.39. The first-order valence-electron chi connectivity index (χ1n) is 12.6. The number of benzene rings is 1. The van der Waals surface area contributed by atoms with Crippen LogP contribution in [0.4, 0.5) is 4.79 Å². The first-order chi connectivity index (χ1) is 16.6. The number of hydrogen-bond donors (Lipinski definition) is 0. The van der Waals surface area contributed by atoms with Crippen molar-refractivity contribution in [3.63, 3.8) is 0 Å². The van der Waals surface area contributed by atoms with Gasteiger partial charge in [-0.05, 0) is 44.0 Å². The van der Waals surface area contributed by atoms with Crippen LogP contribution in [0.25, 0.3) is 0 Å². The molecule has 1 saturated carbocycles. The van der Waals surface area contributed by atoms with E-state index in [0.717, 1.165) is 18.4 Å². The smallest absolute Gasteiger partial charge is 0.411 e. The standard InChI is InChI=1S/C26H37NO7Si/c1-6-10-18-13-21-26(34-35(3,4)5,19-14-22(28)33-23(18)19)15-20(24(29)31-2)27(21)25(30)32-16-17-11-8-7-9-12-17/h7-9,11-12,18-21,23H,6,10,13-16H2,1-5H3/t18?,19-,20+,21-,23-,26-/m1/s1. The number of likely N-dealkylation sites (tertiary alicyclic amines) is 1. The van der Waals surface area contributed by atoms with E-state index in [0.29, 0.717) is 6.42 Å². The number of hydrogen-bond acceptors (Lipinski definition) is 7. The van der Waals surface area contributed by atoms with Crippen LogP contribution < -0.4 is 0 Å². The van der Waals surface area contributed by atoms with Crippen LogP contribution in [-0.2, 0) is 34.8 Å². The quantitative estimate of drug-likeness (QED) is 0.312. The molecule has 0 spiro atoms. The molecule has 9 heteroatoms. The second-order valence-corrected chi connectivity index (χ2v) is 15.4. The summed E-state index contributed by atoms with van der Waals surface area (Å²) in [6, 6.07) is 8.19. The highest BCUT2D eigenvalue weighted by atomic mass is 28.4. The minimum Gasteiger partial charge on any atom is -0.467 e. The van der Waals surface area contributed by atoms with Crippen molar-refractivity contribution in [2.75, 3.05) is 7.11 Å². The maximum absolute atomic E-state index is 13.6. The van der Waals surface area contributed by atoms with Crippen molar-refractivity contribution in [1.29, 1.82) is 0 Å². The van der Waals surface area contributed by atoms with E-state index in [9.17, 15) is 14.4 Å². The van der Waals surface area contributed by atoms with Crippen LogP contribution in [0.5, 0.6) is 0 Å². The Labute approximate surface area is 208 Å². The van der Waals surface area contributed by atoms with E-state index in [4.69, 9.17) is 18.6 Å². The molecule has 0 radical (unpaired) electrons. The zero-order valence-corrected chi connectivity index (χ0v) is 22.3. The minimum absolute atomic E-state index is 0.0839. The highest BCUT2D eigenvalue weighted by Gasteiger charge is 2.68. The van der Waals surface area contributed by atoms with Crippen LogP contribution in [0.1, 0.15) is 44.6 Å². The molecule has 4 rings (SSSR count). The summed E-state index contributed by atoms with van der Waals surface area (Å²) in [7, 11) is -0.842. The monoisotopic (exact) mass is 503 g/mol. The van der Waals surface area contributed by atoms with Gasteiger partial charge in [-0.3, -0.25) is 9.69 Å². The maximum Gasteiger partial charge on any atom is 0.411 e. The predicted octanol–water partition coefficient (Wildman–Crippen LogP) is 4.28. The van der Waals surface area contributed by atoms with E-state index in [1.807, 2.05) is 30.3 Å². The molecule has 3 aliphatic rings. The van der Waals surface area contributed by atoms with Gasteiger partial charge in [0.15, 0.2) is 8.32 Å². The molecule has 2 saturated heterocycles. The SMILES string of the molecule is CCCC1C[C@H]2N(C(=O)OCc3ccccc3)[C@H](C(=O)OC)C[C@@]2(O[Si](C)(C)C)[C@@H]2CC(=O)O[C@H]12. The summed E-state index contributed by atoms with van der Waals surface area (Å²) in [6.45, 7) is 8.47. The second kappa shape index (κ2) is 9.93. The predicted molar refractivity (Wildman–Crippen MR) is 131 cm³/mol. The Morgan fingerprint density at radius 1 is 1.20 bits per heavy atom. The van der Waals surface area contributed by atoms with Gasteiger partial charge in [0.2, 0.25) is 0 Å². The molecule has 2 aliphatic heterocycles. The normalized spacial score (nSPS) is 32.0. The Bertz CT molecular complexity index is 949. The van der Waals surface area contributed by atoms with Crippen molar-refractivity contribution >= 4 is 26.3 Å². The lowest BCUT2D eigenvalue weighted by Gasteiger charge is -2.52. The molecule has 0 N–H and O–H groups in total. The summed E-state index contributed by atoms with van der Waals surface area (Å²) in [5, 5.41) is 0. The molecule has 2 heterocycles. The first kappa shape index (κ1) is 25.7. The summed E-state index contributed by atoms with van der Waals surface area (Å²) in [5.41, 5.74) is -0.00229. The van der Waals surface area contributed by atoms with Gasteiger partial charge >= 0.3 is 18.0 Å². The van der Waals surface area contributed by atoms with Crippen molar-refractivity contribution in [2.45, 2.75) is 89.1 Å². The first-order valence-corrected chi connectivity index (χ1v) is 16.0. The molecule has 192 valence electrons. The number of carbonyl (C=O) groups is 3. The molecule has 8 nitrogen and oxygen atoms in total. The molecule has 6 atom stereocenters. The Kier molecular flexibility index (Phi) is 7.29. The molecule has 1 aliphatic carbocycles. The lowest BCUT2D eigenvalue weighted by atomic mass is 9.65. The summed E-state index contributed by atoms with van der Waals surface area (Å²) in [6.07, 6.45) is 2.05. The third-order valence-corrected chi connectivity index (χ3v) is 8.45. The van der Waals surface area contributed by atoms with Gasteiger partial charge in [0.05, 0.1) is 25.2 Å². The Morgan fingerprint density at radius 3 is 2.54 bits per heavy atom. The van der Waals surface area contributed by atoms with Gasteiger partial charge in [0.1, 0.15) is 18.8 Å². The van der Waals surface area contributed by atoms with E-state index in [1.165, 1.54) is 7.11 Å². The molecule has 35 heavy (non-hydrogen) atoms. The Morgan fingerprint density at radius 2 is 1.91 bits per heavy atom. The van der Waals surface area contributed by atoms with Gasteiger partial charge in [-0.1, -0.05) is 43.7 Å². The lowest BCUT2D eigenvalue weighted by Crippen LogP contribution is -2.63. The van der Waals surface area contributed by atoms with Crippen LogP contribution in [0.3, 0.4) is 0 Å². The van der Waals surface area contributed by atoms with Crippen molar-refractivity contribution in [3.05, 3.63) is 35.9 Å². The van der Waals surface area contributed by atoms with E-state index in [2.05, 4.69) is 26.6 Å². The van der Waals surface area contributed by atoms with Gasteiger partial charge in [-0.2, -0.15) is 0 Å². The van der Waals surface area contributed by atoms with E-state index >= 15 is 0 Å². The number of methoxy groups -OCH3 is 1. The van der Waals surface area contributed by atoms with Gasteiger partial charge < -0.3 is 18.6 Å². The van der Waals surface area contributed by atoms with Crippen molar-refractivity contribution in [1.82, 2.24) is 4.90 Å².